The van der Waals surface area contributed by atoms with Gasteiger partial charge in [0.1, 0.15) is 0 Å². The van der Waals surface area contributed by atoms with Crippen LogP contribution in [0.5, 0.6) is 0 Å². The van der Waals surface area contributed by atoms with Crippen molar-refractivity contribution in [1.82, 2.24) is 4.90 Å². The van der Waals surface area contributed by atoms with E-state index in [2.05, 4.69) is 4.99 Å². The van der Waals surface area contributed by atoms with Gasteiger partial charge in [-0.05, 0) is 35.5 Å². The molecule has 0 spiro atoms. The molecule has 0 radical (unpaired) electrons. The van der Waals surface area contributed by atoms with E-state index in [1.807, 2.05) is 0 Å². The highest BCUT2D eigenvalue weighted by molar-refractivity contribution is 8.18. The van der Waals surface area contributed by atoms with Crippen LogP contribution >= 0.6 is 11.8 Å². The first-order valence-corrected chi connectivity index (χ1v) is 6.32. The van der Waals surface area contributed by atoms with Crippen LogP contribution in [0.25, 0.3) is 6.08 Å². The predicted molar refractivity (Wildman–Crippen MR) is 75.1 cm³/mol. The molecule has 1 heterocycles. The van der Waals surface area contributed by atoms with Gasteiger partial charge in [-0.3, -0.25) is 14.7 Å². The van der Waals surface area contributed by atoms with Crippen LogP contribution in [0.1, 0.15) is 15.9 Å². The van der Waals surface area contributed by atoms with E-state index < -0.39 is 5.97 Å². The zero-order chi connectivity index (χ0) is 14.0. The van der Waals surface area contributed by atoms with E-state index in [0.29, 0.717) is 10.1 Å². The maximum absolute atomic E-state index is 11.9. The van der Waals surface area contributed by atoms with Crippen LogP contribution in [0, 0.1) is 0 Å². The number of carboxylic acid groups (broad SMARTS) is 1. The summed E-state index contributed by atoms with van der Waals surface area (Å²) in [6.07, 6.45) is 1.73. The van der Waals surface area contributed by atoms with Gasteiger partial charge < -0.3 is 5.11 Å². The van der Waals surface area contributed by atoms with Crippen molar-refractivity contribution in [2.45, 2.75) is 0 Å². The second-order valence-corrected chi connectivity index (χ2v) is 4.92. The molecule has 1 aromatic rings. The highest BCUT2D eigenvalue weighted by Crippen LogP contribution is 2.31. The van der Waals surface area contributed by atoms with Crippen molar-refractivity contribution in [2.75, 3.05) is 14.1 Å². The second-order valence-electron chi connectivity index (χ2n) is 3.91. The molecule has 19 heavy (non-hydrogen) atoms. The summed E-state index contributed by atoms with van der Waals surface area (Å²) >= 11 is 1.30. The first kappa shape index (κ1) is 13.4. The molecule has 0 bridgehead atoms. The Morgan fingerprint density at radius 1 is 1.37 bits per heavy atom. The number of rotatable bonds is 2. The molecule has 0 unspecified atom stereocenters. The van der Waals surface area contributed by atoms with Crippen LogP contribution in [0.2, 0.25) is 0 Å². The summed E-state index contributed by atoms with van der Waals surface area (Å²) < 4.78 is 0. The standard InChI is InChI=1S/C13H12N2O3S/c1-14-13-15(2)11(16)10(19-13)7-8-3-5-9(6-4-8)12(17)18/h3-7H,1-2H3,(H,17,18)/b10-7+,14-13?. The quantitative estimate of drug-likeness (QED) is 0.838. The Kier molecular flexibility index (Phi) is 3.71. The molecular weight excluding hydrogens is 264 g/mol. The largest absolute Gasteiger partial charge is 0.478 e. The van der Waals surface area contributed by atoms with Crippen molar-refractivity contribution in [1.29, 1.82) is 0 Å². The molecule has 98 valence electrons. The third kappa shape index (κ3) is 2.68. The van der Waals surface area contributed by atoms with E-state index in [1.54, 1.807) is 32.3 Å². The van der Waals surface area contributed by atoms with E-state index in [1.165, 1.54) is 28.8 Å². The van der Waals surface area contributed by atoms with Gasteiger partial charge in [-0.1, -0.05) is 12.1 Å². The molecule has 1 aliphatic heterocycles. The summed E-state index contributed by atoms with van der Waals surface area (Å²) in [4.78, 5) is 28.7. The van der Waals surface area contributed by atoms with Crippen LogP contribution in [0.15, 0.2) is 34.2 Å². The number of amides is 1. The van der Waals surface area contributed by atoms with Gasteiger partial charge in [-0.2, -0.15) is 0 Å². The average Bonchev–Trinajstić information content (AvgIpc) is 2.67. The van der Waals surface area contributed by atoms with Crippen LogP contribution in [0.4, 0.5) is 0 Å². The van der Waals surface area contributed by atoms with Gasteiger partial charge in [0.05, 0.1) is 10.5 Å². The fourth-order valence-electron chi connectivity index (χ4n) is 1.62. The third-order valence-corrected chi connectivity index (χ3v) is 3.80. The van der Waals surface area contributed by atoms with E-state index in [4.69, 9.17) is 5.11 Å². The van der Waals surface area contributed by atoms with Gasteiger partial charge >= 0.3 is 5.97 Å². The summed E-state index contributed by atoms with van der Waals surface area (Å²) in [5.41, 5.74) is 1.01. The van der Waals surface area contributed by atoms with Crippen LogP contribution in [-0.2, 0) is 4.79 Å². The van der Waals surface area contributed by atoms with Crippen molar-refractivity contribution >= 4 is 34.9 Å². The lowest BCUT2D eigenvalue weighted by Crippen LogP contribution is -2.23. The van der Waals surface area contributed by atoms with E-state index >= 15 is 0 Å². The monoisotopic (exact) mass is 276 g/mol. The number of hydrogen-bond acceptors (Lipinski definition) is 4. The summed E-state index contributed by atoms with van der Waals surface area (Å²) in [5.74, 6) is -1.07. The van der Waals surface area contributed by atoms with Crippen molar-refractivity contribution in [2.24, 2.45) is 4.99 Å². The molecule has 1 N–H and O–H groups in total. The summed E-state index contributed by atoms with van der Waals surface area (Å²) in [7, 11) is 3.31. The predicted octanol–water partition coefficient (Wildman–Crippen LogP) is 1.92. The van der Waals surface area contributed by atoms with Gasteiger partial charge in [0.15, 0.2) is 5.17 Å². The Morgan fingerprint density at radius 2 is 2.00 bits per heavy atom. The molecular formula is C13H12N2O3S. The second kappa shape index (κ2) is 5.27. The molecule has 6 heteroatoms. The minimum Gasteiger partial charge on any atom is -0.478 e. The highest BCUT2D eigenvalue weighted by atomic mass is 32.2. The fraction of sp³-hybridized carbons (Fsp3) is 0.154. The minimum atomic E-state index is -0.967. The molecule has 1 amide bonds. The number of carbonyl (C=O) groups excluding carboxylic acids is 1. The smallest absolute Gasteiger partial charge is 0.335 e. The molecule has 5 nitrogen and oxygen atoms in total. The Bertz CT molecular complexity index is 590. The summed E-state index contributed by atoms with van der Waals surface area (Å²) in [6.45, 7) is 0. The van der Waals surface area contributed by atoms with E-state index in [-0.39, 0.29) is 11.5 Å². The van der Waals surface area contributed by atoms with Crippen molar-refractivity contribution in [3.8, 4) is 0 Å². The lowest BCUT2D eigenvalue weighted by Gasteiger charge is -2.05. The van der Waals surface area contributed by atoms with E-state index in [9.17, 15) is 9.59 Å². The number of hydrogen-bond donors (Lipinski definition) is 1. The molecule has 0 saturated carbocycles. The van der Waals surface area contributed by atoms with Crippen molar-refractivity contribution in [3.63, 3.8) is 0 Å². The third-order valence-electron chi connectivity index (χ3n) is 2.65. The molecule has 0 atom stereocenters. The maximum Gasteiger partial charge on any atom is 0.335 e. The van der Waals surface area contributed by atoms with Gasteiger partial charge in [-0.25, -0.2) is 4.79 Å². The molecule has 0 aliphatic carbocycles. The van der Waals surface area contributed by atoms with E-state index in [0.717, 1.165) is 5.56 Å². The number of carboxylic acids is 1. The number of benzene rings is 1. The zero-order valence-electron chi connectivity index (χ0n) is 10.5. The molecule has 1 saturated heterocycles. The number of aliphatic imine (C=N–C) groups is 1. The number of amidine groups is 1. The Morgan fingerprint density at radius 3 is 2.47 bits per heavy atom. The average molecular weight is 276 g/mol. The number of thioether (sulfide) groups is 1. The Labute approximate surface area is 114 Å². The van der Waals surface area contributed by atoms with Crippen molar-refractivity contribution < 1.29 is 14.7 Å². The number of aromatic carboxylic acids is 1. The van der Waals surface area contributed by atoms with Gasteiger partial charge in [0.2, 0.25) is 0 Å². The van der Waals surface area contributed by atoms with Crippen molar-refractivity contribution in [3.05, 3.63) is 40.3 Å². The molecule has 1 fully saturated rings. The minimum absolute atomic E-state index is 0.104. The normalized spacial score (nSPS) is 19.5. The summed E-state index contributed by atoms with van der Waals surface area (Å²) in [5, 5.41) is 9.46. The van der Waals surface area contributed by atoms with Crippen LogP contribution < -0.4 is 0 Å². The van der Waals surface area contributed by atoms with Gasteiger partial charge in [0.25, 0.3) is 5.91 Å². The number of nitrogens with zero attached hydrogens (tertiary/aromatic N) is 2. The Hall–Kier alpha value is -2.08. The zero-order valence-corrected chi connectivity index (χ0v) is 11.3. The highest BCUT2D eigenvalue weighted by Gasteiger charge is 2.29. The Balaban J connectivity index is 2.27. The first-order chi connectivity index (χ1) is 9.02. The number of likely N-dealkylation sites (N-methyl/N-ethyl adjacent to an activating group) is 1. The van der Waals surface area contributed by atoms with Gasteiger partial charge in [0, 0.05) is 14.1 Å². The molecule has 1 aromatic carbocycles. The SMILES string of the molecule is CN=C1S/C(=C/c2ccc(C(=O)O)cc2)C(=O)N1C. The maximum atomic E-state index is 11.9. The topological polar surface area (TPSA) is 70.0 Å². The first-order valence-electron chi connectivity index (χ1n) is 5.50. The van der Waals surface area contributed by atoms with Gasteiger partial charge in [-0.15, -0.1) is 0 Å². The summed E-state index contributed by atoms with van der Waals surface area (Å²) in [6, 6.07) is 6.37. The van der Waals surface area contributed by atoms with Crippen LogP contribution in [0.3, 0.4) is 0 Å². The molecule has 0 aromatic heterocycles. The lowest BCUT2D eigenvalue weighted by molar-refractivity contribution is -0.121. The fourth-order valence-corrected chi connectivity index (χ4v) is 2.55. The van der Waals surface area contributed by atoms with Crippen LogP contribution in [-0.4, -0.2) is 41.1 Å². The molecule has 2 rings (SSSR count). The molecule has 1 aliphatic rings. The lowest BCUT2D eigenvalue weighted by atomic mass is 10.1. The number of carbonyl (C=O) groups is 2.